The molecule has 0 bridgehead atoms. The van der Waals surface area contributed by atoms with Crippen LogP contribution in [0.4, 0.5) is 8.78 Å². The molecule has 2 aliphatic rings. The van der Waals surface area contributed by atoms with Crippen LogP contribution in [0.1, 0.15) is 65.9 Å². The smallest absolute Gasteiger partial charge is 0.156 e. The summed E-state index contributed by atoms with van der Waals surface area (Å²) in [6.45, 7) is 9.89. The summed E-state index contributed by atoms with van der Waals surface area (Å²) >= 11 is 0. The molecule has 7 heterocycles. The minimum atomic E-state index is -0.301. The number of aromatic nitrogens is 8. The Morgan fingerprint density at radius 2 is 1.36 bits per heavy atom. The van der Waals surface area contributed by atoms with Gasteiger partial charge in [0.25, 0.3) is 0 Å². The van der Waals surface area contributed by atoms with E-state index in [1.165, 1.54) is 0 Å². The van der Waals surface area contributed by atoms with Crippen molar-refractivity contribution in [1.82, 2.24) is 50.0 Å². The fourth-order valence-corrected chi connectivity index (χ4v) is 8.24. The van der Waals surface area contributed by atoms with Gasteiger partial charge in [0.05, 0.1) is 28.6 Å². The van der Waals surface area contributed by atoms with E-state index in [2.05, 4.69) is 40.8 Å². The number of pyridine rings is 1. The van der Waals surface area contributed by atoms with Gasteiger partial charge in [-0.1, -0.05) is 6.07 Å². The molecule has 0 amide bonds. The maximum absolute atomic E-state index is 15.0. The molecule has 5 aromatic heterocycles. The number of hydrogen-bond donors (Lipinski definition) is 2. The number of aryl methyl sites for hydroxylation is 4. The molecule has 0 radical (unpaired) electrons. The number of hydrogen-bond acceptors (Lipinski definition) is 8. The van der Waals surface area contributed by atoms with Gasteiger partial charge in [-0.15, -0.1) is 37.2 Å². The molecule has 8 aromatic rings. The Morgan fingerprint density at radius 3 is 2.10 bits per heavy atom. The van der Waals surface area contributed by atoms with E-state index >= 15 is 4.39 Å². The standard InChI is InChI=1S/2C22H22FN5.3ClH/c1-13-7-15(8-17-12-28(2)27-21(13)17)18-9-16-11-25-22(14-3-5-24-6-4-14)26-20(16)10-19(18)23;1-13-9-20(27-28-12-14(2)25-22(13)28)17-10-16-3-4-19(15-5-7-24-8-6-15)26-21(16)18(23)11-17;;;/h7-12,14,24H,3-6H2,1-2H3;3-4,9-12,15,24H,5-8H2,1-2H3;3*1H. The molecule has 308 valence electrons. The van der Waals surface area contributed by atoms with Crippen LogP contribution in [0.2, 0.25) is 0 Å². The molecule has 0 spiro atoms. The highest BCUT2D eigenvalue weighted by molar-refractivity contribution is 5.90. The minimum absolute atomic E-state index is 0. The van der Waals surface area contributed by atoms with Crippen molar-refractivity contribution in [1.29, 1.82) is 0 Å². The SMILES string of the molecule is Cc1cc(-c2cc3cnc(C4CCNCC4)nc3cc2F)cc2cn(C)nc12.Cc1cn2nc(-c3cc(F)c4nc(C5CCNCC5)ccc4c3)cc(C)c2n1.Cl.Cl.Cl. The van der Waals surface area contributed by atoms with Gasteiger partial charge in [0.15, 0.2) is 5.65 Å². The number of nitrogens with zero attached hydrogens (tertiary/aromatic N) is 8. The lowest BCUT2D eigenvalue weighted by Crippen LogP contribution is -2.27. The van der Waals surface area contributed by atoms with E-state index in [0.29, 0.717) is 28.4 Å². The summed E-state index contributed by atoms with van der Waals surface area (Å²) in [7, 11) is 1.90. The highest BCUT2D eigenvalue weighted by Crippen LogP contribution is 2.33. The molecule has 10 rings (SSSR count). The van der Waals surface area contributed by atoms with E-state index in [1.54, 1.807) is 21.3 Å². The van der Waals surface area contributed by atoms with E-state index in [-0.39, 0.29) is 48.9 Å². The van der Waals surface area contributed by atoms with Crippen molar-refractivity contribution in [3.8, 4) is 22.4 Å². The zero-order valence-corrected chi connectivity index (χ0v) is 35.7. The second-order valence-corrected chi connectivity index (χ2v) is 15.3. The van der Waals surface area contributed by atoms with Gasteiger partial charge in [0.2, 0.25) is 0 Å². The van der Waals surface area contributed by atoms with Crippen LogP contribution >= 0.6 is 37.2 Å². The first kappa shape index (κ1) is 43.7. The molecule has 2 saturated heterocycles. The molecule has 0 atom stereocenters. The molecule has 10 nitrogen and oxygen atoms in total. The lowest BCUT2D eigenvalue weighted by Gasteiger charge is -2.22. The minimum Gasteiger partial charge on any atom is -0.317 e. The predicted octanol–water partition coefficient (Wildman–Crippen LogP) is 9.53. The Morgan fingerprint density at radius 1 is 0.644 bits per heavy atom. The van der Waals surface area contributed by atoms with Crippen molar-refractivity contribution in [2.45, 2.75) is 58.3 Å². The van der Waals surface area contributed by atoms with Gasteiger partial charge in [-0.05, 0) is 132 Å². The number of fused-ring (bicyclic) bond motifs is 4. The largest absolute Gasteiger partial charge is 0.317 e. The lowest BCUT2D eigenvalue weighted by molar-refractivity contribution is 0.446. The maximum atomic E-state index is 15.0. The fraction of sp³-hybridized carbons (Fsp3) is 0.318. The summed E-state index contributed by atoms with van der Waals surface area (Å²) < 4.78 is 33.6. The van der Waals surface area contributed by atoms with Crippen molar-refractivity contribution in [2.75, 3.05) is 26.2 Å². The molecule has 0 saturated carbocycles. The van der Waals surface area contributed by atoms with Crippen molar-refractivity contribution in [2.24, 2.45) is 7.05 Å². The molecule has 15 heteroatoms. The van der Waals surface area contributed by atoms with Gasteiger partial charge in [-0.2, -0.15) is 10.2 Å². The van der Waals surface area contributed by atoms with Gasteiger partial charge in [0, 0.05) is 70.3 Å². The summed E-state index contributed by atoms with van der Waals surface area (Å²) in [5.41, 5.74) is 9.72. The molecule has 2 fully saturated rings. The highest BCUT2D eigenvalue weighted by atomic mass is 35.5. The third-order valence-corrected chi connectivity index (χ3v) is 11.2. The first-order chi connectivity index (χ1) is 27.2. The topological polar surface area (TPSA) is 111 Å². The molecule has 2 aliphatic heterocycles. The molecular formula is C44H47Cl3F2N10. The van der Waals surface area contributed by atoms with Gasteiger partial charge >= 0.3 is 0 Å². The number of rotatable bonds is 4. The lowest BCUT2D eigenvalue weighted by atomic mass is 9.93. The van der Waals surface area contributed by atoms with Crippen LogP contribution in [0.5, 0.6) is 0 Å². The highest BCUT2D eigenvalue weighted by Gasteiger charge is 2.20. The normalized spacial score (nSPS) is 14.7. The number of imidazole rings is 1. The van der Waals surface area contributed by atoms with Gasteiger partial charge in [-0.3, -0.25) is 4.68 Å². The molecule has 2 N–H and O–H groups in total. The summed E-state index contributed by atoms with van der Waals surface area (Å²) in [6, 6.07) is 16.9. The van der Waals surface area contributed by atoms with Crippen LogP contribution in [0.3, 0.4) is 0 Å². The van der Waals surface area contributed by atoms with E-state index in [0.717, 1.165) is 124 Å². The van der Waals surface area contributed by atoms with Crippen LogP contribution in [-0.4, -0.2) is 65.5 Å². The quantitative estimate of drug-likeness (QED) is 0.180. The van der Waals surface area contributed by atoms with Crippen molar-refractivity contribution >= 4 is 75.6 Å². The summed E-state index contributed by atoms with van der Waals surface area (Å²) in [6.07, 6.45) is 9.82. The van der Waals surface area contributed by atoms with Crippen LogP contribution in [0.25, 0.3) is 60.7 Å². The Kier molecular flexibility index (Phi) is 13.5. The zero-order valence-electron chi connectivity index (χ0n) is 33.3. The maximum Gasteiger partial charge on any atom is 0.156 e. The Bertz CT molecular complexity index is 2780. The van der Waals surface area contributed by atoms with Gasteiger partial charge < -0.3 is 10.6 Å². The van der Waals surface area contributed by atoms with E-state index in [4.69, 9.17) is 0 Å². The van der Waals surface area contributed by atoms with Crippen LogP contribution in [-0.2, 0) is 7.05 Å². The fourth-order valence-electron chi connectivity index (χ4n) is 8.24. The Hall–Kier alpha value is -4.85. The predicted molar refractivity (Wildman–Crippen MR) is 239 cm³/mol. The third kappa shape index (κ3) is 8.88. The summed E-state index contributed by atoms with van der Waals surface area (Å²) in [5.74, 6) is 1.02. The van der Waals surface area contributed by atoms with Crippen LogP contribution in [0, 0.1) is 32.4 Å². The van der Waals surface area contributed by atoms with Gasteiger partial charge in [0.1, 0.15) is 23.0 Å². The first-order valence-corrected chi connectivity index (χ1v) is 19.4. The molecule has 59 heavy (non-hydrogen) atoms. The number of nitrogens with one attached hydrogen (secondary N) is 2. The van der Waals surface area contributed by atoms with Crippen molar-refractivity contribution in [3.63, 3.8) is 0 Å². The second kappa shape index (κ2) is 18.2. The van der Waals surface area contributed by atoms with Crippen molar-refractivity contribution < 1.29 is 8.78 Å². The monoisotopic (exact) mass is 858 g/mol. The van der Waals surface area contributed by atoms with E-state index in [9.17, 15) is 4.39 Å². The molecule has 3 aromatic carbocycles. The van der Waals surface area contributed by atoms with Crippen molar-refractivity contribution in [3.05, 3.63) is 113 Å². The number of benzene rings is 3. The summed E-state index contributed by atoms with van der Waals surface area (Å²) in [5, 5.41) is 18.5. The van der Waals surface area contributed by atoms with Crippen LogP contribution in [0.15, 0.2) is 73.2 Å². The average molecular weight is 860 g/mol. The third-order valence-electron chi connectivity index (χ3n) is 11.2. The first-order valence-electron chi connectivity index (χ1n) is 19.4. The number of piperidine rings is 2. The number of halogens is 5. The summed E-state index contributed by atoms with van der Waals surface area (Å²) in [4.78, 5) is 18.4. The zero-order chi connectivity index (χ0) is 38.5. The molecular weight excluding hydrogens is 813 g/mol. The second-order valence-electron chi connectivity index (χ2n) is 15.3. The van der Waals surface area contributed by atoms with E-state index in [1.807, 2.05) is 88.9 Å². The van der Waals surface area contributed by atoms with E-state index < -0.39 is 0 Å². The Balaban J connectivity index is 0.000000189. The molecule has 0 aliphatic carbocycles. The average Bonchev–Trinajstić information content (AvgIpc) is 3.79. The van der Waals surface area contributed by atoms with Crippen LogP contribution < -0.4 is 10.6 Å². The molecule has 0 unspecified atom stereocenters. The van der Waals surface area contributed by atoms with Gasteiger partial charge in [-0.25, -0.2) is 33.2 Å². The Labute approximate surface area is 359 Å².